The second-order valence-electron chi connectivity index (χ2n) is 4.82. The molecule has 1 atom stereocenters. The van der Waals surface area contributed by atoms with E-state index in [9.17, 15) is 8.42 Å². The van der Waals surface area contributed by atoms with Crippen LogP contribution in [0, 0.1) is 0 Å². The van der Waals surface area contributed by atoms with E-state index >= 15 is 0 Å². The van der Waals surface area contributed by atoms with E-state index in [1.807, 2.05) is 14.0 Å². The van der Waals surface area contributed by atoms with E-state index < -0.39 is 9.84 Å². The second-order valence-corrected chi connectivity index (χ2v) is 7.08. The number of nitrogens with one attached hydrogen (secondary N) is 1. The Morgan fingerprint density at radius 1 is 1.22 bits per heavy atom. The summed E-state index contributed by atoms with van der Waals surface area (Å²) in [5.74, 6) is 0.251. The molecule has 0 saturated carbocycles. The van der Waals surface area contributed by atoms with Crippen molar-refractivity contribution in [1.82, 2.24) is 5.32 Å². The van der Waals surface area contributed by atoms with Gasteiger partial charge in [0.15, 0.2) is 0 Å². The minimum atomic E-state index is -2.87. The van der Waals surface area contributed by atoms with E-state index in [-0.39, 0.29) is 17.4 Å². The lowest BCUT2D eigenvalue weighted by molar-refractivity contribution is -0.0722. The van der Waals surface area contributed by atoms with E-state index in [1.165, 1.54) is 6.26 Å². The van der Waals surface area contributed by atoms with Crippen LogP contribution < -0.4 is 5.32 Å². The van der Waals surface area contributed by atoms with Crippen LogP contribution >= 0.6 is 0 Å². The standard InChI is InChI=1S/C13H29NO3S/c1-6-13(7-2,17-8-3)12(14-4)10-9-11-18(5,15)16/h12,14H,6-11H2,1-5H3. The number of hydrogen-bond acceptors (Lipinski definition) is 4. The Morgan fingerprint density at radius 2 is 1.78 bits per heavy atom. The SMILES string of the molecule is CCOC(CC)(CC)C(CCCS(C)(=O)=O)NC. The van der Waals surface area contributed by atoms with Crippen molar-refractivity contribution in [1.29, 1.82) is 0 Å². The van der Waals surface area contributed by atoms with E-state index in [4.69, 9.17) is 4.74 Å². The molecular formula is C13H29NO3S. The molecule has 4 nitrogen and oxygen atoms in total. The normalized spacial score (nSPS) is 14.7. The van der Waals surface area contributed by atoms with Gasteiger partial charge in [-0.05, 0) is 39.7 Å². The molecule has 0 aromatic rings. The second kappa shape index (κ2) is 8.12. The van der Waals surface area contributed by atoms with E-state index in [0.717, 1.165) is 19.3 Å². The lowest BCUT2D eigenvalue weighted by atomic mass is 9.85. The zero-order valence-electron chi connectivity index (χ0n) is 12.5. The highest BCUT2D eigenvalue weighted by Crippen LogP contribution is 2.27. The summed E-state index contributed by atoms with van der Waals surface area (Å²) in [5.41, 5.74) is -0.180. The Kier molecular flexibility index (Phi) is 8.06. The number of likely N-dealkylation sites (N-methyl/N-ethyl adjacent to an activating group) is 1. The van der Waals surface area contributed by atoms with Crippen LogP contribution in [0.3, 0.4) is 0 Å². The molecule has 0 aliphatic carbocycles. The smallest absolute Gasteiger partial charge is 0.147 e. The van der Waals surface area contributed by atoms with Crippen LogP contribution in [0.5, 0.6) is 0 Å². The topological polar surface area (TPSA) is 55.4 Å². The fourth-order valence-corrected chi connectivity index (χ4v) is 3.25. The van der Waals surface area contributed by atoms with Crippen LogP contribution in [-0.4, -0.2) is 45.7 Å². The third-order valence-corrected chi connectivity index (χ3v) is 4.65. The number of ether oxygens (including phenoxy) is 1. The predicted molar refractivity (Wildman–Crippen MR) is 76.7 cm³/mol. The van der Waals surface area contributed by atoms with Gasteiger partial charge in [0, 0.05) is 24.7 Å². The molecular weight excluding hydrogens is 250 g/mol. The first kappa shape index (κ1) is 17.9. The van der Waals surface area contributed by atoms with Crippen LogP contribution in [-0.2, 0) is 14.6 Å². The summed E-state index contributed by atoms with van der Waals surface area (Å²) in [6.45, 7) is 6.94. The quantitative estimate of drug-likeness (QED) is 0.664. The van der Waals surface area contributed by atoms with Gasteiger partial charge in [-0.25, -0.2) is 8.42 Å². The van der Waals surface area contributed by atoms with Gasteiger partial charge in [-0.1, -0.05) is 13.8 Å². The van der Waals surface area contributed by atoms with E-state index in [0.29, 0.717) is 13.0 Å². The Morgan fingerprint density at radius 3 is 2.11 bits per heavy atom. The fourth-order valence-electron chi connectivity index (χ4n) is 2.56. The van der Waals surface area contributed by atoms with Crippen molar-refractivity contribution in [3.63, 3.8) is 0 Å². The third kappa shape index (κ3) is 5.67. The molecule has 0 heterocycles. The van der Waals surface area contributed by atoms with Gasteiger partial charge in [-0.3, -0.25) is 0 Å². The van der Waals surface area contributed by atoms with Crippen molar-refractivity contribution >= 4 is 9.84 Å². The van der Waals surface area contributed by atoms with Gasteiger partial charge in [-0.2, -0.15) is 0 Å². The molecule has 5 heteroatoms. The monoisotopic (exact) mass is 279 g/mol. The summed E-state index contributed by atoms with van der Waals surface area (Å²) in [6.07, 6.45) is 4.66. The zero-order chi connectivity index (χ0) is 14.2. The highest BCUT2D eigenvalue weighted by atomic mass is 32.2. The minimum Gasteiger partial charge on any atom is -0.374 e. The molecule has 0 spiro atoms. The van der Waals surface area contributed by atoms with Crippen molar-refractivity contribution in [2.24, 2.45) is 0 Å². The number of hydrogen-bond donors (Lipinski definition) is 1. The maximum Gasteiger partial charge on any atom is 0.147 e. The molecule has 0 aromatic carbocycles. The summed E-state index contributed by atoms with van der Waals surface area (Å²) in [4.78, 5) is 0. The van der Waals surface area contributed by atoms with Crippen molar-refractivity contribution < 1.29 is 13.2 Å². The Bertz CT molecular complexity index is 310. The lowest BCUT2D eigenvalue weighted by Gasteiger charge is -2.39. The van der Waals surface area contributed by atoms with Gasteiger partial charge < -0.3 is 10.1 Å². The third-order valence-electron chi connectivity index (χ3n) is 3.62. The Labute approximate surface area is 112 Å². The molecule has 0 aliphatic heterocycles. The molecule has 0 aromatic heterocycles. The highest BCUT2D eigenvalue weighted by Gasteiger charge is 2.35. The first-order chi connectivity index (χ1) is 8.35. The molecule has 0 rings (SSSR count). The van der Waals surface area contributed by atoms with Gasteiger partial charge in [0.05, 0.1) is 5.60 Å². The first-order valence-electron chi connectivity index (χ1n) is 6.84. The Balaban J connectivity index is 4.60. The molecule has 18 heavy (non-hydrogen) atoms. The average molecular weight is 279 g/mol. The minimum absolute atomic E-state index is 0.180. The molecule has 0 amide bonds. The molecule has 1 N–H and O–H groups in total. The first-order valence-corrected chi connectivity index (χ1v) is 8.90. The summed E-state index contributed by atoms with van der Waals surface area (Å²) in [6, 6.07) is 0.203. The molecule has 0 bridgehead atoms. The van der Waals surface area contributed by atoms with Crippen LogP contribution in [0.15, 0.2) is 0 Å². The molecule has 0 radical (unpaired) electrons. The molecule has 1 unspecified atom stereocenters. The van der Waals surface area contributed by atoms with E-state index in [1.54, 1.807) is 0 Å². The van der Waals surface area contributed by atoms with Crippen LogP contribution in [0.25, 0.3) is 0 Å². The van der Waals surface area contributed by atoms with Crippen LogP contribution in [0.4, 0.5) is 0 Å². The highest BCUT2D eigenvalue weighted by molar-refractivity contribution is 7.90. The summed E-state index contributed by atoms with van der Waals surface area (Å²) in [7, 11) is -0.947. The largest absolute Gasteiger partial charge is 0.374 e. The summed E-state index contributed by atoms with van der Waals surface area (Å²) >= 11 is 0. The maximum absolute atomic E-state index is 11.2. The van der Waals surface area contributed by atoms with E-state index in [2.05, 4.69) is 19.2 Å². The van der Waals surface area contributed by atoms with Gasteiger partial charge in [0.25, 0.3) is 0 Å². The lowest BCUT2D eigenvalue weighted by Crippen LogP contribution is -2.51. The van der Waals surface area contributed by atoms with Gasteiger partial charge in [-0.15, -0.1) is 0 Å². The van der Waals surface area contributed by atoms with Crippen molar-refractivity contribution in [3.05, 3.63) is 0 Å². The van der Waals surface area contributed by atoms with Crippen molar-refractivity contribution in [2.75, 3.05) is 25.7 Å². The zero-order valence-corrected chi connectivity index (χ0v) is 13.3. The Hall–Kier alpha value is -0.130. The molecule has 0 fully saturated rings. The van der Waals surface area contributed by atoms with Crippen LogP contribution in [0.1, 0.15) is 46.5 Å². The van der Waals surface area contributed by atoms with Crippen LogP contribution in [0.2, 0.25) is 0 Å². The van der Waals surface area contributed by atoms with Gasteiger partial charge in [0.2, 0.25) is 0 Å². The average Bonchev–Trinajstić information content (AvgIpc) is 2.31. The van der Waals surface area contributed by atoms with Crippen molar-refractivity contribution in [3.8, 4) is 0 Å². The number of sulfone groups is 1. The molecule has 0 saturated heterocycles. The predicted octanol–water partition coefficient (Wildman–Crippen LogP) is 1.99. The van der Waals surface area contributed by atoms with Gasteiger partial charge in [0.1, 0.15) is 9.84 Å². The number of rotatable bonds is 10. The molecule has 0 aliphatic rings. The van der Waals surface area contributed by atoms with Gasteiger partial charge >= 0.3 is 0 Å². The van der Waals surface area contributed by atoms with Crippen molar-refractivity contribution in [2.45, 2.75) is 58.1 Å². The molecule has 110 valence electrons. The fraction of sp³-hybridized carbons (Fsp3) is 1.00. The summed E-state index contributed by atoms with van der Waals surface area (Å²) < 4.78 is 28.3. The summed E-state index contributed by atoms with van der Waals surface area (Å²) in [5, 5.41) is 3.30. The maximum atomic E-state index is 11.2.